The number of nitrogens with zero attached hydrogens (tertiary/aromatic N) is 1. The van der Waals surface area contributed by atoms with E-state index in [2.05, 4.69) is 5.32 Å². The molecule has 2 rings (SSSR count). The van der Waals surface area contributed by atoms with E-state index in [4.69, 9.17) is 4.74 Å². The molecule has 0 aliphatic heterocycles. The Hall–Kier alpha value is -2.19. The fraction of sp³-hybridized carbons (Fsp3) is 0.381. The Morgan fingerprint density at radius 2 is 1.72 bits per heavy atom. The molecule has 0 fully saturated rings. The second-order valence-corrected chi connectivity index (χ2v) is 10.0. The number of hydrogen-bond acceptors (Lipinski definition) is 5. The first kappa shape index (κ1) is 23.1. The van der Waals surface area contributed by atoms with Gasteiger partial charge >= 0.3 is 0 Å². The summed E-state index contributed by atoms with van der Waals surface area (Å²) in [4.78, 5) is 13.4. The summed E-state index contributed by atoms with van der Waals surface area (Å²) in [6.45, 7) is 6.05. The monoisotopic (exact) mass is 436 g/mol. The third-order valence-corrected chi connectivity index (χ3v) is 6.05. The van der Waals surface area contributed by atoms with Crippen molar-refractivity contribution in [3.05, 3.63) is 54.1 Å². The van der Waals surface area contributed by atoms with Gasteiger partial charge in [-0.1, -0.05) is 17.7 Å². The van der Waals surface area contributed by atoms with Gasteiger partial charge in [-0.05, 0) is 57.2 Å². The largest absolute Gasteiger partial charge is 0.491 e. The van der Waals surface area contributed by atoms with E-state index in [1.807, 2.05) is 45.0 Å². The van der Waals surface area contributed by atoms with Gasteiger partial charge in [-0.2, -0.15) is 0 Å². The van der Waals surface area contributed by atoms with E-state index in [1.54, 1.807) is 36.0 Å². The molecular weight excluding hydrogens is 408 g/mol. The zero-order valence-corrected chi connectivity index (χ0v) is 18.8. The van der Waals surface area contributed by atoms with Crippen LogP contribution < -0.4 is 14.4 Å². The van der Waals surface area contributed by atoms with E-state index in [-0.39, 0.29) is 18.6 Å². The molecule has 0 saturated heterocycles. The Balaban J connectivity index is 1.90. The van der Waals surface area contributed by atoms with Gasteiger partial charge in [0.2, 0.25) is 15.9 Å². The summed E-state index contributed by atoms with van der Waals surface area (Å²) in [5.41, 5.74) is 1.63. The highest BCUT2D eigenvalue weighted by atomic mass is 32.2. The quantitative estimate of drug-likeness (QED) is 0.456. The maximum atomic E-state index is 12.3. The summed E-state index contributed by atoms with van der Waals surface area (Å²) in [6.07, 6.45) is 1.11. The van der Waals surface area contributed by atoms with Crippen molar-refractivity contribution in [2.24, 2.45) is 0 Å². The third kappa shape index (κ3) is 7.98. The van der Waals surface area contributed by atoms with E-state index >= 15 is 0 Å². The second-order valence-electron chi connectivity index (χ2n) is 6.94. The average Bonchev–Trinajstić information content (AvgIpc) is 2.64. The molecule has 2 aromatic rings. The highest BCUT2D eigenvalue weighted by Gasteiger charge is 2.20. The molecule has 8 heteroatoms. The lowest BCUT2D eigenvalue weighted by molar-refractivity contribution is -0.119. The topological polar surface area (TPSA) is 75.7 Å². The minimum atomic E-state index is -3.60. The number of sulfonamides is 1. The van der Waals surface area contributed by atoms with Gasteiger partial charge in [0.1, 0.15) is 12.3 Å². The fourth-order valence-electron chi connectivity index (χ4n) is 2.54. The highest BCUT2D eigenvalue weighted by Crippen LogP contribution is 2.22. The van der Waals surface area contributed by atoms with Crippen LogP contribution in [0.25, 0.3) is 0 Å². The molecule has 0 unspecified atom stereocenters. The Labute approximate surface area is 177 Å². The van der Waals surface area contributed by atoms with Gasteiger partial charge in [0.05, 0.1) is 18.0 Å². The van der Waals surface area contributed by atoms with Crippen LogP contribution in [0.15, 0.2) is 53.4 Å². The van der Waals surface area contributed by atoms with Gasteiger partial charge in [-0.15, -0.1) is 11.8 Å². The summed E-state index contributed by atoms with van der Waals surface area (Å²) in [6, 6.07) is 14.8. The first-order valence-electron chi connectivity index (χ1n) is 9.36. The molecule has 0 saturated carbocycles. The summed E-state index contributed by atoms with van der Waals surface area (Å²) in [5, 5.41) is 2.78. The fourth-order valence-corrected chi connectivity index (χ4v) is 4.17. The molecule has 1 amide bonds. The minimum absolute atomic E-state index is 0.0235. The average molecular weight is 437 g/mol. The molecule has 0 radical (unpaired) electrons. The number of hydrogen-bond donors (Lipinski definition) is 1. The van der Waals surface area contributed by atoms with Crippen molar-refractivity contribution in [2.75, 3.05) is 29.4 Å². The first-order chi connectivity index (χ1) is 13.6. The van der Waals surface area contributed by atoms with Crippen LogP contribution in [0.4, 0.5) is 5.69 Å². The van der Waals surface area contributed by atoms with Gasteiger partial charge in [0.25, 0.3) is 0 Å². The molecule has 0 aliphatic rings. The predicted molar refractivity (Wildman–Crippen MR) is 119 cm³/mol. The molecule has 1 N–H and O–H groups in total. The summed E-state index contributed by atoms with van der Waals surface area (Å²) in [5.74, 6) is 1.01. The molecule has 0 spiro atoms. The molecule has 2 aromatic carbocycles. The molecule has 29 heavy (non-hydrogen) atoms. The number of carbonyl (C=O) groups is 1. The zero-order valence-electron chi connectivity index (χ0n) is 17.2. The number of carbonyl (C=O) groups excluding carboxylic acids is 1. The zero-order chi connectivity index (χ0) is 21.4. The maximum absolute atomic E-state index is 12.3. The maximum Gasteiger partial charge on any atom is 0.240 e. The Morgan fingerprint density at radius 1 is 1.10 bits per heavy atom. The second kappa shape index (κ2) is 10.5. The lowest BCUT2D eigenvalue weighted by atomic mass is 10.2. The summed E-state index contributed by atoms with van der Waals surface area (Å²) in [7, 11) is -3.60. The molecule has 0 bridgehead atoms. The van der Waals surface area contributed by atoms with Crippen molar-refractivity contribution < 1.29 is 17.9 Å². The number of aryl methyl sites for hydroxylation is 1. The van der Waals surface area contributed by atoms with Crippen molar-refractivity contribution in [1.29, 1.82) is 0 Å². The summed E-state index contributed by atoms with van der Waals surface area (Å²) < 4.78 is 31.0. The minimum Gasteiger partial charge on any atom is -0.491 e. The normalized spacial score (nSPS) is 11.3. The molecule has 0 atom stereocenters. The Bertz CT molecular complexity index is 895. The van der Waals surface area contributed by atoms with Crippen molar-refractivity contribution >= 4 is 33.4 Å². The number of amides is 1. The van der Waals surface area contributed by atoms with Crippen LogP contribution in [-0.4, -0.2) is 45.5 Å². The molecule has 0 aliphatic carbocycles. The van der Waals surface area contributed by atoms with Crippen LogP contribution in [0.5, 0.6) is 5.75 Å². The predicted octanol–water partition coefficient (Wildman–Crippen LogP) is 3.46. The number of nitrogens with one attached hydrogen (secondary N) is 1. The van der Waals surface area contributed by atoms with Crippen LogP contribution in [0, 0.1) is 6.92 Å². The molecule has 0 heterocycles. The van der Waals surface area contributed by atoms with E-state index in [0.29, 0.717) is 23.7 Å². The molecular formula is C21H28N2O4S2. The van der Waals surface area contributed by atoms with Gasteiger partial charge in [-0.3, -0.25) is 9.10 Å². The van der Waals surface area contributed by atoms with Crippen LogP contribution in [0.1, 0.15) is 19.4 Å². The number of ether oxygens (including phenoxy) is 1. The van der Waals surface area contributed by atoms with Crippen molar-refractivity contribution in [1.82, 2.24) is 5.32 Å². The standard InChI is InChI=1S/C21H28N2O4S2/c1-16(2)27-19-9-7-18(8-10-19)23(29(4,25)26)15-21(24)22-13-14-28-20-11-5-17(3)6-12-20/h5-12,16H,13-15H2,1-4H3,(H,22,24). The van der Waals surface area contributed by atoms with Crippen LogP contribution in [0.3, 0.4) is 0 Å². The lowest BCUT2D eigenvalue weighted by Gasteiger charge is -2.22. The first-order valence-corrected chi connectivity index (χ1v) is 12.2. The van der Waals surface area contributed by atoms with Crippen LogP contribution >= 0.6 is 11.8 Å². The Morgan fingerprint density at radius 3 is 2.28 bits per heavy atom. The smallest absolute Gasteiger partial charge is 0.240 e. The molecule has 0 aromatic heterocycles. The van der Waals surface area contributed by atoms with Gasteiger partial charge in [-0.25, -0.2) is 8.42 Å². The van der Waals surface area contributed by atoms with E-state index in [9.17, 15) is 13.2 Å². The lowest BCUT2D eigenvalue weighted by Crippen LogP contribution is -2.41. The SMILES string of the molecule is Cc1ccc(SCCNC(=O)CN(c2ccc(OC(C)C)cc2)S(C)(=O)=O)cc1. The molecule has 6 nitrogen and oxygen atoms in total. The van der Waals surface area contributed by atoms with E-state index in [0.717, 1.165) is 15.5 Å². The van der Waals surface area contributed by atoms with Crippen LogP contribution in [0.2, 0.25) is 0 Å². The third-order valence-electron chi connectivity index (χ3n) is 3.90. The van der Waals surface area contributed by atoms with E-state index in [1.165, 1.54) is 5.56 Å². The number of thioether (sulfide) groups is 1. The number of rotatable bonds is 10. The van der Waals surface area contributed by atoms with Gasteiger partial charge in [0.15, 0.2) is 0 Å². The molecule has 158 valence electrons. The number of benzene rings is 2. The van der Waals surface area contributed by atoms with Crippen molar-refractivity contribution in [3.8, 4) is 5.75 Å². The van der Waals surface area contributed by atoms with Gasteiger partial charge in [0, 0.05) is 17.2 Å². The van der Waals surface area contributed by atoms with Crippen molar-refractivity contribution in [3.63, 3.8) is 0 Å². The van der Waals surface area contributed by atoms with Gasteiger partial charge < -0.3 is 10.1 Å². The van der Waals surface area contributed by atoms with Crippen molar-refractivity contribution in [2.45, 2.75) is 31.8 Å². The Kier molecular flexibility index (Phi) is 8.40. The summed E-state index contributed by atoms with van der Waals surface area (Å²) >= 11 is 1.64. The van der Waals surface area contributed by atoms with Crippen LogP contribution in [-0.2, 0) is 14.8 Å². The number of anilines is 1. The van der Waals surface area contributed by atoms with E-state index < -0.39 is 10.0 Å². The highest BCUT2D eigenvalue weighted by molar-refractivity contribution is 7.99.